The van der Waals surface area contributed by atoms with Gasteiger partial charge in [-0.1, -0.05) is 0 Å². The smallest absolute Gasteiger partial charge is 0.227 e. The molecule has 2 rings (SSSR count). The monoisotopic (exact) mass is 248 g/mol. The Kier molecular flexibility index (Phi) is 4.20. The summed E-state index contributed by atoms with van der Waals surface area (Å²) in [6.45, 7) is 3.58. The van der Waals surface area contributed by atoms with Crippen LogP contribution in [0.4, 0.5) is 11.4 Å². The number of ether oxygens (including phenoxy) is 1. The molecule has 1 aliphatic rings. The lowest BCUT2D eigenvalue weighted by molar-refractivity contribution is -0.117. The summed E-state index contributed by atoms with van der Waals surface area (Å²) in [5.74, 6) is 0.225. The van der Waals surface area contributed by atoms with Crippen LogP contribution in [-0.2, 0) is 9.53 Å². The Bertz CT molecular complexity index is 403. The molecule has 18 heavy (non-hydrogen) atoms. The van der Waals surface area contributed by atoms with Gasteiger partial charge in [0.05, 0.1) is 6.61 Å². The fourth-order valence-electron chi connectivity index (χ4n) is 2.23. The first-order valence-electron chi connectivity index (χ1n) is 6.36. The van der Waals surface area contributed by atoms with Crippen LogP contribution >= 0.6 is 0 Å². The number of hydrogen-bond donors (Lipinski definition) is 1. The Labute approximate surface area is 108 Å². The van der Waals surface area contributed by atoms with Crippen LogP contribution < -0.4 is 10.2 Å². The number of hydrogen-bond acceptors (Lipinski definition) is 3. The van der Waals surface area contributed by atoms with Gasteiger partial charge < -0.3 is 15.0 Å². The number of nitrogens with zero attached hydrogens (tertiary/aromatic N) is 1. The van der Waals surface area contributed by atoms with Gasteiger partial charge in [0.2, 0.25) is 5.91 Å². The predicted molar refractivity (Wildman–Crippen MR) is 73.0 cm³/mol. The van der Waals surface area contributed by atoms with Gasteiger partial charge in [0.1, 0.15) is 0 Å². The van der Waals surface area contributed by atoms with Gasteiger partial charge in [0.25, 0.3) is 0 Å². The maximum absolute atomic E-state index is 11.6. The Hall–Kier alpha value is -1.55. The van der Waals surface area contributed by atoms with Crippen LogP contribution in [0.25, 0.3) is 0 Å². The zero-order valence-corrected chi connectivity index (χ0v) is 11.0. The van der Waals surface area contributed by atoms with E-state index in [4.69, 9.17) is 4.74 Å². The molecule has 0 spiro atoms. The van der Waals surface area contributed by atoms with Crippen LogP contribution in [-0.4, -0.2) is 32.2 Å². The van der Waals surface area contributed by atoms with Crippen LogP contribution in [0.15, 0.2) is 24.3 Å². The molecule has 0 saturated carbocycles. The van der Waals surface area contributed by atoms with Crippen molar-refractivity contribution in [3.05, 3.63) is 24.3 Å². The van der Waals surface area contributed by atoms with Crippen molar-refractivity contribution in [3.63, 3.8) is 0 Å². The average Bonchev–Trinajstić information content (AvgIpc) is 2.77. The first-order valence-corrected chi connectivity index (χ1v) is 6.36. The second-order valence-electron chi connectivity index (χ2n) is 4.70. The molecule has 1 fully saturated rings. The molecule has 1 amide bonds. The summed E-state index contributed by atoms with van der Waals surface area (Å²) >= 11 is 0. The van der Waals surface area contributed by atoms with Gasteiger partial charge in [-0.2, -0.15) is 0 Å². The van der Waals surface area contributed by atoms with Crippen molar-refractivity contribution in [1.82, 2.24) is 0 Å². The van der Waals surface area contributed by atoms with E-state index in [9.17, 15) is 4.79 Å². The standard InChI is InChI=1S/C14H20N2O2/c1-11(10-18-2)15-12-5-7-13(8-6-12)16-9-3-4-14(16)17/h5-8,11,15H,3-4,9-10H2,1-2H3. The highest BCUT2D eigenvalue weighted by atomic mass is 16.5. The number of anilines is 2. The van der Waals surface area contributed by atoms with Crippen LogP contribution in [0.5, 0.6) is 0 Å². The third-order valence-corrected chi connectivity index (χ3v) is 3.08. The van der Waals surface area contributed by atoms with Gasteiger partial charge in [-0.3, -0.25) is 4.79 Å². The van der Waals surface area contributed by atoms with Crippen molar-refractivity contribution >= 4 is 17.3 Å². The Morgan fingerprint density at radius 2 is 2.11 bits per heavy atom. The third kappa shape index (κ3) is 3.01. The Balaban J connectivity index is 1.99. The molecule has 98 valence electrons. The second-order valence-corrected chi connectivity index (χ2v) is 4.70. The number of nitrogens with one attached hydrogen (secondary N) is 1. The number of rotatable bonds is 5. The average molecular weight is 248 g/mol. The maximum Gasteiger partial charge on any atom is 0.227 e. The van der Waals surface area contributed by atoms with Crippen molar-refractivity contribution in [1.29, 1.82) is 0 Å². The molecule has 1 aromatic rings. The molecule has 0 aliphatic carbocycles. The molecule has 0 radical (unpaired) electrons. The molecule has 1 heterocycles. The van der Waals surface area contributed by atoms with Gasteiger partial charge in [0.15, 0.2) is 0 Å². The van der Waals surface area contributed by atoms with E-state index < -0.39 is 0 Å². The van der Waals surface area contributed by atoms with E-state index in [-0.39, 0.29) is 11.9 Å². The molecule has 0 bridgehead atoms. The van der Waals surface area contributed by atoms with Crippen molar-refractivity contribution in [2.45, 2.75) is 25.8 Å². The fourth-order valence-corrected chi connectivity index (χ4v) is 2.23. The fraction of sp³-hybridized carbons (Fsp3) is 0.500. The van der Waals surface area contributed by atoms with Gasteiger partial charge >= 0.3 is 0 Å². The van der Waals surface area contributed by atoms with Crippen LogP contribution in [0, 0.1) is 0 Å². The molecule has 1 N–H and O–H groups in total. The second kappa shape index (κ2) is 5.87. The molecule has 1 saturated heterocycles. The first kappa shape index (κ1) is 12.9. The summed E-state index contributed by atoms with van der Waals surface area (Å²) in [5, 5.41) is 3.34. The Morgan fingerprint density at radius 3 is 2.67 bits per heavy atom. The highest BCUT2D eigenvalue weighted by molar-refractivity contribution is 5.95. The normalized spacial score (nSPS) is 17.0. The third-order valence-electron chi connectivity index (χ3n) is 3.08. The molecule has 4 nitrogen and oxygen atoms in total. The predicted octanol–water partition coefficient (Wildman–Crippen LogP) is 2.26. The lowest BCUT2D eigenvalue weighted by Crippen LogP contribution is -2.24. The minimum absolute atomic E-state index is 0.225. The minimum Gasteiger partial charge on any atom is -0.383 e. The molecule has 4 heteroatoms. The summed E-state index contributed by atoms with van der Waals surface area (Å²) in [6, 6.07) is 8.27. The van der Waals surface area contributed by atoms with Crippen LogP contribution in [0.1, 0.15) is 19.8 Å². The molecular formula is C14H20N2O2. The van der Waals surface area contributed by atoms with Crippen molar-refractivity contribution in [3.8, 4) is 0 Å². The largest absolute Gasteiger partial charge is 0.383 e. The topological polar surface area (TPSA) is 41.6 Å². The van der Waals surface area contributed by atoms with Gasteiger partial charge in [0, 0.05) is 37.5 Å². The molecule has 1 atom stereocenters. The summed E-state index contributed by atoms with van der Waals surface area (Å²) < 4.78 is 5.08. The maximum atomic E-state index is 11.6. The molecule has 1 aromatic carbocycles. The lowest BCUT2D eigenvalue weighted by atomic mass is 10.2. The zero-order valence-electron chi connectivity index (χ0n) is 11.0. The number of methoxy groups -OCH3 is 1. The van der Waals surface area contributed by atoms with Crippen LogP contribution in [0.3, 0.4) is 0 Å². The number of carbonyl (C=O) groups is 1. The van der Waals surface area contributed by atoms with Crippen molar-refractivity contribution in [2.24, 2.45) is 0 Å². The quantitative estimate of drug-likeness (QED) is 0.869. The van der Waals surface area contributed by atoms with Crippen molar-refractivity contribution < 1.29 is 9.53 Å². The highest BCUT2D eigenvalue weighted by Crippen LogP contribution is 2.23. The summed E-state index contributed by atoms with van der Waals surface area (Å²) in [5.41, 5.74) is 2.04. The summed E-state index contributed by atoms with van der Waals surface area (Å²) in [7, 11) is 1.69. The van der Waals surface area contributed by atoms with E-state index in [1.54, 1.807) is 7.11 Å². The number of carbonyl (C=O) groups excluding carboxylic acids is 1. The van der Waals surface area contributed by atoms with E-state index in [1.807, 2.05) is 29.2 Å². The minimum atomic E-state index is 0.225. The summed E-state index contributed by atoms with van der Waals surface area (Å²) in [4.78, 5) is 13.5. The summed E-state index contributed by atoms with van der Waals surface area (Å²) in [6.07, 6.45) is 1.63. The van der Waals surface area contributed by atoms with Gasteiger partial charge in [-0.15, -0.1) is 0 Å². The van der Waals surface area contributed by atoms with E-state index in [0.717, 1.165) is 24.3 Å². The van der Waals surface area contributed by atoms with Gasteiger partial charge in [-0.05, 0) is 37.6 Å². The Morgan fingerprint density at radius 1 is 1.39 bits per heavy atom. The number of benzene rings is 1. The zero-order chi connectivity index (χ0) is 13.0. The molecule has 1 unspecified atom stereocenters. The number of amides is 1. The van der Waals surface area contributed by atoms with E-state index in [2.05, 4.69) is 12.2 Å². The molecule has 0 aromatic heterocycles. The molecular weight excluding hydrogens is 228 g/mol. The highest BCUT2D eigenvalue weighted by Gasteiger charge is 2.21. The van der Waals surface area contributed by atoms with Gasteiger partial charge in [-0.25, -0.2) is 0 Å². The first-order chi connectivity index (χ1) is 8.70. The van der Waals surface area contributed by atoms with E-state index >= 15 is 0 Å². The van der Waals surface area contributed by atoms with E-state index in [1.165, 1.54) is 0 Å². The molecule has 1 aliphatic heterocycles. The SMILES string of the molecule is COCC(C)Nc1ccc(N2CCCC2=O)cc1. The lowest BCUT2D eigenvalue weighted by Gasteiger charge is -2.18. The van der Waals surface area contributed by atoms with Crippen LogP contribution in [0.2, 0.25) is 0 Å². The van der Waals surface area contributed by atoms with E-state index in [0.29, 0.717) is 13.0 Å². The van der Waals surface area contributed by atoms with Crippen molar-refractivity contribution in [2.75, 3.05) is 30.5 Å².